The average Bonchev–Trinajstić information content (AvgIpc) is 2.59. The highest BCUT2D eigenvalue weighted by atomic mass is 16.3. The fraction of sp³-hybridized carbons (Fsp3) is 0.417. The summed E-state index contributed by atoms with van der Waals surface area (Å²) in [6.07, 6.45) is 1.04. The summed E-state index contributed by atoms with van der Waals surface area (Å²) in [5, 5.41) is 0. The van der Waals surface area contributed by atoms with Crippen molar-refractivity contribution in [3.8, 4) is 0 Å². The number of benzene rings is 1. The summed E-state index contributed by atoms with van der Waals surface area (Å²) in [4.78, 5) is 4.26. The molecular weight excluding hydrogens is 174 g/mol. The molecule has 1 aromatic heterocycles. The normalized spacial score (nSPS) is 9.71. The van der Waals surface area contributed by atoms with E-state index in [1.165, 1.54) is 5.56 Å². The zero-order valence-electron chi connectivity index (χ0n) is 9.29. The zero-order valence-corrected chi connectivity index (χ0v) is 9.29. The van der Waals surface area contributed by atoms with Gasteiger partial charge in [-0.05, 0) is 24.1 Å². The Kier molecular flexibility index (Phi) is 3.69. The van der Waals surface area contributed by atoms with Gasteiger partial charge in [0.1, 0.15) is 5.52 Å². The molecule has 0 N–H and O–H groups in total. The third kappa shape index (κ3) is 2.13. The van der Waals surface area contributed by atoms with Crippen LogP contribution in [-0.2, 0) is 6.42 Å². The van der Waals surface area contributed by atoms with Crippen LogP contribution in [0, 0.1) is 6.92 Å². The first kappa shape index (κ1) is 10.8. The molecule has 2 heteroatoms. The summed E-state index contributed by atoms with van der Waals surface area (Å²) in [6, 6.07) is 6.13. The Morgan fingerprint density at radius 1 is 1.29 bits per heavy atom. The summed E-state index contributed by atoms with van der Waals surface area (Å²) in [7, 11) is 0. The molecule has 1 aromatic carbocycles. The first-order chi connectivity index (χ1) is 6.79. The Balaban J connectivity index is 0.000000461. The highest BCUT2D eigenvalue weighted by Crippen LogP contribution is 2.16. The molecule has 0 radical (unpaired) electrons. The molecule has 2 nitrogen and oxygen atoms in total. The topological polar surface area (TPSA) is 26.0 Å². The maximum Gasteiger partial charge on any atom is 0.192 e. The highest BCUT2D eigenvalue weighted by Gasteiger charge is 2.01. The van der Waals surface area contributed by atoms with E-state index in [2.05, 4.69) is 24.0 Å². The predicted octanol–water partition coefficient (Wildman–Crippen LogP) is 3.72. The molecule has 0 spiro atoms. The van der Waals surface area contributed by atoms with Crippen LogP contribution >= 0.6 is 0 Å². The Labute approximate surface area is 85.0 Å². The molecule has 2 aromatic rings. The van der Waals surface area contributed by atoms with Gasteiger partial charge in [-0.15, -0.1) is 0 Å². The largest absolute Gasteiger partial charge is 0.441 e. The van der Waals surface area contributed by atoms with E-state index in [4.69, 9.17) is 4.42 Å². The van der Waals surface area contributed by atoms with Crippen LogP contribution in [0.5, 0.6) is 0 Å². The van der Waals surface area contributed by atoms with E-state index < -0.39 is 0 Å². The standard InChI is InChI=1S/C10H11NO.C2H6/c1-3-8-4-5-10-9(6-8)11-7(2)12-10;1-2/h4-6H,3H2,1-2H3;1-2H3. The van der Waals surface area contributed by atoms with Crippen LogP contribution in [0.3, 0.4) is 0 Å². The van der Waals surface area contributed by atoms with Crippen LogP contribution in [0.25, 0.3) is 11.1 Å². The summed E-state index contributed by atoms with van der Waals surface area (Å²) >= 11 is 0. The molecule has 0 unspecified atom stereocenters. The molecule has 0 amide bonds. The van der Waals surface area contributed by atoms with Crippen LogP contribution < -0.4 is 0 Å². The van der Waals surface area contributed by atoms with Gasteiger partial charge in [-0.2, -0.15) is 0 Å². The molecule has 0 aliphatic rings. The predicted molar refractivity (Wildman–Crippen MR) is 59.5 cm³/mol. The number of nitrogens with zero attached hydrogens (tertiary/aromatic N) is 1. The van der Waals surface area contributed by atoms with Crippen LogP contribution in [0.1, 0.15) is 32.2 Å². The van der Waals surface area contributed by atoms with Gasteiger partial charge >= 0.3 is 0 Å². The highest BCUT2D eigenvalue weighted by molar-refractivity contribution is 5.73. The smallest absolute Gasteiger partial charge is 0.192 e. The van der Waals surface area contributed by atoms with Crippen LogP contribution in [-0.4, -0.2) is 4.98 Å². The van der Waals surface area contributed by atoms with Gasteiger partial charge in [-0.3, -0.25) is 0 Å². The van der Waals surface area contributed by atoms with Gasteiger partial charge in [0.2, 0.25) is 0 Å². The number of fused-ring (bicyclic) bond motifs is 1. The molecule has 0 saturated carbocycles. The van der Waals surface area contributed by atoms with Gasteiger partial charge in [-0.1, -0.05) is 26.8 Å². The molecule has 0 aliphatic heterocycles. The van der Waals surface area contributed by atoms with Crippen LogP contribution in [0.4, 0.5) is 0 Å². The average molecular weight is 191 g/mol. The van der Waals surface area contributed by atoms with Crippen molar-refractivity contribution < 1.29 is 4.42 Å². The molecule has 14 heavy (non-hydrogen) atoms. The molecule has 0 aliphatic carbocycles. The van der Waals surface area contributed by atoms with Crippen molar-refractivity contribution in [1.29, 1.82) is 0 Å². The second-order valence-electron chi connectivity index (χ2n) is 2.89. The van der Waals surface area contributed by atoms with E-state index in [0.29, 0.717) is 0 Å². The number of rotatable bonds is 1. The molecule has 1 heterocycles. The van der Waals surface area contributed by atoms with Gasteiger partial charge in [0.25, 0.3) is 0 Å². The third-order valence-electron chi connectivity index (χ3n) is 1.97. The minimum Gasteiger partial charge on any atom is -0.441 e. The SMILES string of the molecule is CC.CCc1ccc2oc(C)nc2c1. The first-order valence-electron chi connectivity index (χ1n) is 5.15. The fourth-order valence-electron chi connectivity index (χ4n) is 1.31. The zero-order chi connectivity index (χ0) is 10.6. The van der Waals surface area contributed by atoms with Crippen molar-refractivity contribution in [1.82, 2.24) is 4.98 Å². The quantitative estimate of drug-likeness (QED) is 0.686. The monoisotopic (exact) mass is 191 g/mol. The van der Waals surface area contributed by atoms with Crippen LogP contribution in [0.15, 0.2) is 22.6 Å². The summed E-state index contributed by atoms with van der Waals surface area (Å²) < 4.78 is 5.36. The minimum atomic E-state index is 0.734. The summed E-state index contributed by atoms with van der Waals surface area (Å²) in [6.45, 7) is 8.00. The van der Waals surface area contributed by atoms with Gasteiger partial charge in [0.15, 0.2) is 11.5 Å². The van der Waals surface area contributed by atoms with Crippen molar-refractivity contribution in [2.75, 3.05) is 0 Å². The number of hydrogen-bond donors (Lipinski definition) is 0. The van der Waals surface area contributed by atoms with Crippen molar-refractivity contribution in [2.24, 2.45) is 0 Å². The molecule has 0 saturated heterocycles. The molecular formula is C12H17NO. The van der Waals surface area contributed by atoms with Gasteiger partial charge in [0.05, 0.1) is 0 Å². The minimum absolute atomic E-state index is 0.734. The Morgan fingerprint density at radius 3 is 2.64 bits per heavy atom. The number of aryl methyl sites for hydroxylation is 2. The maximum absolute atomic E-state index is 5.36. The van der Waals surface area contributed by atoms with Crippen LogP contribution in [0.2, 0.25) is 0 Å². The Bertz CT molecular complexity index is 404. The Morgan fingerprint density at radius 2 is 2.00 bits per heavy atom. The number of oxazole rings is 1. The number of aromatic nitrogens is 1. The van der Waals surface area contributed by atoms with Crippen molar-refractivity contribution >= 4 is 11.1 Å². The van der Waals surface area contributed by atoms with Crippen molar-refractivity contribution in [2.45, 2.75) is 34.1 Å². The lowest BCUT2D eigenvalue weighted by Crippen LogP contribution is -1.78. The van der Waals surface area contributed by atoms with Crippen molar-refractivity contribution in [3.05, 3.63) is 29.7 Å². The Hall–Kier alpha value is -1.31. The first-order valence-corrected chi connectivity index (χ1v) is 5.15. The van der Waals surface area contributed by atoms with E-state index in [-0.39, 0.29) is 0 Å². The third-order valence-corrected chi connectivity index (χ3v) is 1.97. The lowest BCUT2D eigenvalue weighted by molar-refractivity contribution is 0.561. The maximum atomic E-state index is 5.36. The van der Waals surface area contributed by atoms with E-state index in [9.17, 15) is 0 Å². The number of hydrogen-bond acceptors (Lipinski definition) is 2. The van der Waals surface area contributed by atoms with E-state index >= 15 is 0 Å². The lowest BCUT2D eigenvalue weighted by atomic mass is 10.1. The van der Waals surface area contributed by atoms with Gasteiger partial charge < -0.3 is 4.42 Å². The molecule has 2 rings (SSSR count). The van der Waals surface area contributed by atoms with E-state index in [1.54, 1.807) is 0 Å². The van der Waals surface area contributed by atoms with Gasteiger partial charge in [-0.25, -0.2) is 4.98 Å². The molecule has 76 valence electrons. The van der Waals surface area contributed by atoms with E-state index in [0.717, 1.165) is 23.4 Å². The van der Waals surface area contributed by atoms with Crippen molar-refractivity contribution in [3.63, 3.8) is 0 Å². The molecule has 0 atom stereocenters. The van der Waals surface area contributed by atoms with Gasteiger partial charge in [0, 0.05) is 6.92 Å². The van der Waals surface area contributed by atoms with E-state index in [1.807, 2.05) is 26.8 Å². The summed E-state index contributed by atoms with van der Waals surface area (Å²) in [5.74, 6) is 0.734. The fourth-order valence-corrected chi connectivity index (χ4v) is 1.31. The molecule has 0 fully saturated rings. The second-order valence-corrected chi connectivity index (χ2v) is 2.89. The summed E-state index contributed by atoms with van der Waals surface area (Å²) in [5.41, 5.74) is 3.15. The molecule has 0 bridgehead atoms. The lowest BCUT2D eigenvalue weighted by Gasteiger charge is -1.92. The second kappa shape index (κ2) is 4.80.